The molecule has 3 aromatic rings. The lowest BCUT2D eigenvalue weighted by Gasteiger charge is -2.35. The Labute approximate surface area is 177 Å². The van der Waals surface area contributed by atoms with E-state index in [9.17, 15) is 9.59 Å². The third kappa shape index (κ3) is 4.01. The minimum atomic E-state index is -0.150. The summed E-state index contributed by atoms with van der Waals surface area (Å²) >= 11 is 7.77. The Bertz CT molecular complexity index is 1100. The molecular formula is C20H22ClN5O2S. The quantitative estimate of drug-likeness (QED) is 0.691. The monoisotopic (exact) mass is 431 g/mol. The lowest BCUT2D eigenvalue weighted by Crippen LogP contribution is -2.51. The number of carbonyl (C=O) groups is 1. The van der Waals surface area contributed by atoms with Crippen molar-refractivity contribution in [3.05, 3.63) is 50.8 Å². The average molecular weight is 432 g/mol. The second-order valence-corrected chi connectivity index (χ2v) is 8.53. The zero-order valence-corrected chi connectivity index (χ0v) is 17.9. The number of halogens is 1. The zero-order valence-electron chi connectivity index (χ0n) is 16.3. The minimum Gasteiger partial charge on any atom is -0.331 e. The van der Waals surface area contributed by atoms with Gasteiger partial charge in [-0.25, -0.2) is 9.78 Å². The molecule has 2 aromatic heterocycles. The molecule has 152 valence electrons. The third-order valence-corrected chi connectivity index (χ3v) is 6.26. The number of nitrogens with one attached hydrogen (secondary N) is 1. The van der Waals surface area contributed by atoms with Gasteiger partial charge >= 0.3 is 6.03 Å². The van der Waals surface area contributed by atoms with E-state index in [0.717, 1.165) is 24.2 Å². The number of urea groups is 1. The number of amides is 2. The van der Waals surface area contributed by atoms with Gasteiger partial charge in [0.25, 0.3) is 5.56 Å². The molecule has 7 nitrogen and oxygen atoms in total. The van der Waals surface area contributed by atoms with Crippen molar-refractivity contribution in [3.63, 3.8) is 0 Å². The van der Waals surface area contributed by atoms with E-state index in [1.807, 2.05) is 34.5 Å². The molecule has 0 bridgehead atoms. The predicted molar refractivity (Wildman–Crippen MR) is 117 cm³/mol. The maximum absolute atomic E-state index is 12.8. The lowest BCUT2D eigenvalue weighted by molar-refractivity contribution is 0.118. The van der Waals surface area contributed by atoms with Gasteiger partial charge in [0.15, 0.2) is 0 Å². The molecule has 0 saturated carbocycles. The Hall–Kier alpha value is -2.42. The van der Waals surface area contributed by atoms with Crippen molar-refractivity contribution in [3.8, 4) is 11.1 Å². The number of H-pyrrole nitrogens is 1. The van der Waals surface area contributed by atoms with E-state index in [1.165, 1.54) is 11.3 Å². The van der Waals surface area contributed by atoms with E-state index in [-0.39, 0.29) is 11.6 Å². The molecule has 0 atom stereocenters. The summed E-state index contributed by atoms with van der Waals surface area (Å²) in [4.78, 5) is 38.8. The molecule has 1 aliphatic heterocycles. The van der Waals surface area contributed by atoms with Crippen molar-refractivity contribution in [2.24, 2.45) is 0 Å². The summed E-state index contributed by atoms with van der Waals surface area (Å²) in [6, 6.07) is 7.53. The highest BCUT2D eigenvalue weighted by molar-refractivity contribution is 7.17. The Balaban J connectivity index is 1.53. The van der Waals surface area contributed by atoms with E-state index >= 15 is 0 Å². The molecule has 1 fully saturated rings. The smallest absolute Gasteiger partial charge is 0.319 e. The standard InChI is InChI=1S/C20H22ClN5O2S/c1-24(2)20(28)26-9-7-25(8-10-26)11-16-22-18(27)17-14(12-29-19(17)23-16)13-5-3-4-6-15(13)21/h3-6,12H,7-11H2,1-2H3,(H,22,23,27). The van der Waals surface area contributed by atoms with Crippen molar-refractivity contribution in [2.75, 3.05) is 40.3 Å². The van der Waals surface area contributed by atoms with Gasteiger partial charge in [-0.15, -0.1) is 11.3 Å². The summed E-state index contributed by atoms with van der Waals surface area (Å²) < 4.78 is 0. The highest BCUT2D eigenvalue weighted by Gasteiger charge is 2.23. The number of benzene rings is 1. The van der Waals surface area contributed by atoms with Gasteiger partial charge in [0, 0.05) is 61.8 Å². The van der Waals surface area contributed by atoms with Crippen LogP contribution in [0, 0.1) is 0 Å². The minimum absolute atomic E-state index is 0.0308. The molecule has 0 unspecified atom stereocenters. The number of fused-ring (bicyclic) bond motifs is 1. The molecule has 1 aromatic carbocycles. The van der Waals surface area contributed by atoms with Crippen LogP contribution in [0.2, 0.25) is 5.02 Å². The van der Waals surface area contributed by atoms with Crippen LogP contribution >= 0.6 is 22.9 Å². The number of piperazine rings is 1. The number of carbonyl (C=O) groups excluding carboxylic acids is 1. The highest BCUT2D eigenvalue weighted by atomic mass is 35.5. The molecule has 1 aliphatic rings. The zero-order chi connectivity index (χ0) is 20.5. The second kappa shape index (κ2) is 8.14. The molecule has 0 radical (unpaired) electrons. The number of aromatic amines is 1. The number of thiophene rings is 1. The molecule has 0 aliphatic carbocycles. The fourth-order valence-corrected chi connectivity index (χ4v) is 4.73. The van der Waals surface area contributed by atoms with Crippen molar-refractivity contribution in [1.29, 1.82) is 0 Å². The SMILES string of the molecule is CN(C)C(=O)N1CCN(Cc2nc3scc(-c4ccccc4Cl)c3c(=O)[nH]2)CC1. The number of hydrogen-bond donors (Lipinski definition) is 1. The van der Waals surface area contributed by atoms with Crippen molar-refractivity contribution in [1.82, 2.24) is 24.7 Å². The van der Waals surface area contributed by atoms with Crippen LogP contribution in [0.25, 0.3) is 21.3 Å². The summed E-state index contributed by atoms with van der Waals surface area (Å²) in [6.45, 7) is 3.38. The molecule has 9 heteroatoms. The predicted octanol–water partition coefficient (Wildman–Crippen LogP) is 3.10. The molecule has 29 heavy (non-hydrogen) atoms. The maximum Gasteiger partial charge on any atom is 0.319 e. The second-order valence-electron chi connectivity index (χ2n) is 7.26. The fraction of sp³-hybridized carbons (Fsp3) is 0.350. The first-order valence-electron chi connectivity index (χ1n) is 9.38. The topological polar surface area (TPSA) is 72.5 Å². The van der Waals surface area contributed by atoms with Gasteiger partial charge in [0.1, 0.15) is 10.7 Å². The molecule has 0 spiro atoms. The van der Waals surface area contributed by atoms with Gasteiger partial charge in [-0.1, -0.05) is 29.8 Å². The van der Waals surface area contributed by atoms with Crippen LogP contribution in [0.3, 0.4) is 0 Å². The van der Waals surface area contributed by atoms with Crippen LogP contribution in [0.5, 0.6) is 0 Å². The van der Waals surface area contributed by atoms with E-state index < -0.39 is 0 Å². The number of rotatable bonds is 3. The molecule has 2 amide bonds. The van der Waals surface area contributed by atoms with Crippen molar-refractivity contribution in [2.45, 2.75) is 6.54 Å². The fourth-order valence-electron chi connectivity index (χ4n) is 3.54. The van der Waals surface area contributed by atoms with E-state index in [2.05, 4.69) is 14.9 Å². The van der Waals surface area contributed by atoms with Crippen molar-refractivity contribution < 1.29 is 4.79 Å². The maximum atomic E-state index is 12.8. The Morgan fingerprint density at radius 3 is 2.62 bits per heavy atom. The summed E-state index contributed by atoms with van der Waals surface area (Å²) in [5, 5.41) is 3.12. The Kier molecular flexibility index (Phi) is 5.58. The van der Waals surface area contributed by atoms with Gasteiger partial charge in [0.2, 0.25) is 0 Å². The van der Waals surface area contributed by atoms with E-state index in [0.29, 0.717) is 40.7 Å². The van der Waals surface area contributed by atoms with Crippen LogP contribution in [0.15, 0.2) is 34.4 Å². The van der Waals surface area contributed by atoms with Crippen molar-refractivity contribution >= 4 is 39.2 Å². The Morgan fingerprint density at radius 1 is 1.21 bits per heavy atom. The van der Waals surface area contributed by atoms with Crippen LogP contribution in [-0.4, -0.2) is 71.0 Å². The van der Waals surface area contributed by atoms with E-state index in [1.54, 1.807) is 19.0 Å². The highest BCUT2D eigenvalue weighted by Crippen LogP contribution is 2.34. The van der Waals surface area contributed by atoms with Gasteiger partial charge < -0.3 is 14.8 Å². The summed E-state index contributed by atoms with van der Waals surface area (Å²) in [5.74, 6) is 0.641. The molecule has 3 heterocycles. The largest absolute Gasteiger partial charge is 0.331 e. The molecule has 4 rings (SSSR count). The van der Waals surface area contributed by atoms with Gasteiger partial charge in [0.05, 0.1) is 11.9 Å². The number of aromatic nitrogens is 2. The summed E-state index contributed by atoms with van der Waals surface area (Å²) in [5.41, 5.74) is 1.50. The van der Waals surface area contributed by atoms with Gasteiger partial charge in [-0.2, -0.15) is 0 Å². The Morgan fingerprint density at radius 2 is 1.93 bits per heavy atom. The molecule has 1 saturated heterocycles. The molecule has 1 N–H and O–H groups in total. The van der Waals surface area contributed by atoms with Crippen LogP contribution < -0.4 is 5.56 Å². The normalized spacial score (nSPS) is 15.1. The van der Waals surface area contributed by atoms with E-state index in [4.69, 9.17) is 11.6 Å². The lowest BCUT2D eigenvalue weighted by atomic mass is 10.1. The first-order valence-corrected chi connectivity index (χ1v) is 10.6. The van der Waals surface area contributed by atoms with Gasteiger partial charge in [-0.3, -0.25) is 9.69 Å². The first kappa shape index (κ1) is 19.9. The van der Waals surface area contributed by atoms with Gasteiger partial charge in [-0.05, 0) is 6.07 Å². The summed E-state index contributed by atoms with van der Waals surface area (Å²) in [6.07, 6.45) is 0. The average Bonchev–Trinajstić information content (AvgIpc) is 3.12. The first-order chi connectivity index (χ1) is 13.9. The van der Waals surface area contributed by atoms with Crippen LogP contribution in [0.4, 0.5) is 4.79 Å². The third-order valence-electron chi connectivity index (χ3n) is 5.06. The molecular weight excluding hydrogens is 410 g/mol. The van der Waals surface area contributed by atoms with Crippen LogP contribution in [-0.2, 0) is 6.54 Å². The number of nitrogens with zero attached hydrogens (tertiary/aromatic N) is 4. The number of hydrogen-bond acceptors (Lipinski definition) is 5. The van der Waals surface area contributed by atoms with Crippen LogP contribution in [0.1, 0.15) is 5.82 Å². The summed E-state index contributed by atoms with van der Waals surface area (Å²) in [7, 11) is 3.52.